The molecule has 0 aliphatic heterocycles. The van der Waals surface area contributed by atoms with Gasteiger partial charge in [0.1, 0.15) is 5.82 Å². The molecular weight excluding hydrogens is 359 g/mol. The lowest BCUT2D eigenvalue weighted by Crippen LogP contribution is -2.25. The van der Waals surface area contributed by atoms with Crippen molar-refractivity contribution in [3.05, 3.63) is 58.9 Å². The number of nitrogens with one attached hydrogen (secondary N) is 1. The van der Waals surface area contributed by atoms with Gasteiger partial charge in [-0.3, -0.25) is 9.63 Å². The molecule has 2 aromatic rings. The molecule has 128 valence electrons. The molecule has 0 spiro atoms. The van der Waals surface area contributed by atoms with E-state index in [1.165, 1.54) is 44.5 Å². The van der Waals surface area contributed by atoms with Crippen LogP contribution in [0.15, 0.2) is 47.4 Å². The van der Waals surface area contributed by atoms with Crippen molar-refractivity contribution in [2.24, 2.45) is 0 Å². The van der Waals surface area contributed by atoms with Crippen molar-refractivity contribution in [1.82, 2.24) is 4.47 Å². The van der Waals surface area contributed by atoms with Gasteiger partial charge in [-0.15, -0.1) is 0 Å². The predicted molar refractivity (Wildman–Crippen MR) is 87.8 cm³/mol. The molecule has 0 saturated heterocycles. The Labute approximate surface area is 143 Å². The van der Waals surface area contributed by atoms with Crippen LogP contribution in [-0.2, 0) is 14.9 Å². The molecule has 1 amide bonds. The third-order valence-corrected chi connectivity index (χ3v) is 5.20. The van der Waals surface area contributed by atoms with Gasteiger partial charge in [0.05, 0.1) is 22.7 Å². The summed E-state index contributed by atoms with van der Waals surface area (Å²) in [5.74, 6) is -1.03. The van der Waals surface area contributed by atoms with Crippen LogP contribution in [0.2, 0.25) is 5.02 Å². The summed E-state index contributed by atoms with van der Waals surface area (Å²) in [5, 5.41) is 2.58. The van der Waals surface area contributed by atoms with E-state index in [1.807, 2.05) is 0 Å². The Morgan fingerprint density at radius 3 is 2.38 bits per heavy atom. The van der Waals surface area contributed by atoms with Crippen LogP contribution in [0.1, 0.15) is 10.4 Å². The summed E-state index contributed by atoms with van der Waals surface area (Å²) in [5.41, 5.74) is 0.466. The highest BCUT2D eigenvalue weighted by Gasteiger charge is 2.21. The quantitative estimate of drug-likeness (QED) is 0.819. The van der Waals surface area contributed by atoms with Crippen molar-refractivity contribution < 1.29 is 22.4 Å². The second kappa shape index (κ2) is 7.27. The molecule has 24 heavy (non-hydrogen) atoms. The third kappa shape index (κ3) is 3.90. The summed E-state index contributed by atoms with van der Waals surface area (Å²) in [7, 11) is -1.30. The zero-order chi connectivity index (χ0) is 17.9. The molecule has 0 saturated carbocycles. The van der Waals surface area contributed by atoms with Gasteiger partial charge in [0.15, 0.2) is 0 Å². The molecule has 0 aliphatic rings. The van der Waals surface area contributed by atoms with Crippen molar-refractivity contribution >= 4 is 33.2 Å². The average molecular weight is 373 g/mol. The lowest BCUT2D eigenvalue weighted by Gasteiger charge is -2.14. The maximum Gasteiger partial charge on any atom is 0.264 e. The van der Waals surface area contributed by atoms with Gasteiger partial charge in [-0.05, 0) is 42.5 Å². The highest BCUT2D eigenvalue weighted by molar-refractivity contribution is 7.89. The van der Waals surface area contributed by atoms with E-state index in [2.05, 4.69) is 10.2 Å². The van der Waals surface area contributed by atoms with Crippen LogP contribution in [0.25, 0.3) is 0 Å². The Hall–Kier alpha value is -2.00. The van der Waals surface area contributed by atoms with E-state index in [-0.39, 0.29) is 21.2 Å². The van der Waals surface area contributed by atoms with E-state index in [9.17, 15) is 17.6 Å². The third-order valence-electron chi connectivity index (χ3n) is 3.19. The van der Waals surface area contributed by atoms with Crippen LogP contribution in [0, 0.1) is 5.82 Å². The molecule has 2 aromatic carbocycles. The largest absolute Gasteiger partial charge is 0.321 e. The van der Waals surface area contributed by atoms with Gasteiger partial charge in [0.2, 0.25) is 0 Å². The van der Waals surface area contributed by atoms with E-state index in [4.69, 9.17) is 11.6 Å². The van der Waals surface area contributed by atoms with Gasteiger partial charge < -0.3 is 5.32 Å². The topological polar surface area (TPSA) is 75.7 Å². The number of hydrogen-bond donors (Lipinski definition) is 1. The van der Waals surface area contributed by atoms with Gasteiger partial charge >= 0.3 is 0 Å². The molecular formula is C15H14ClFN2O4S. The lowest BCUT2D eigenvalue weighted by atomic mass is 10.2. The number of benzene rings is 2. The average Bonchev–Trinajstić information content (AvgIpc) is 2.56. The molecule has 9 heteroatoms. The first kappa shape index (κ1) is 18.3. The van der Waals surface area contributed by atoms with Gasteiger partial charge in [0.25, 0.3) is 15.9 Å². The minimum absolute atomic E-state index is 0.0248. The Bertz CT molecular complexity index is 856. The first-order valence-corrected chi connectivity index (χ1v) is 8.47. The zero-order valence-electron chi connectivity index (χ0n) is 12.8. The van der Waals surface area contributed by atoms with Crippen molar-refractivity contribution in [3.63, 3.8) is 0 Å². The summed E-state index contributed by atoms with van der Waals surface area (Å²) in [6.07, 6.45) is 0. The zero-order valence-corrected chi connectivity index (χ0v) is 14.4. The second-order valence-corrected chi connectivity index (χ2v) is 7.04. The van der Waals surface area contributed by atoms with Crippen LogP contribution in [0.3, 0.4) is 0 Å². The number of halogens is 2. The number of amides is 1. The molecule has 0 bridgehead atoms. The first-order chi connectivity index (χ1) is 11.3. The van der Waals surface area contributed by atoms with Crippen LogP contribution in [0.5, 0.6) is 0 Å². The summed E-state index contributed by atoms with van der Waals surface area (Å²) < 4.78 is 37.8. The second-order valence-electron chi connectivity index (χ2n) is 4.70. The van der Waals surface area contributed by atoms with E-state index < -0.39 is 21.7 Å². The fourth-order valence-corrected chi connectivity index (χ4v) is 3.00. The van der Waals surface area contributed by atoms with Crippen LogP contribution < -0.4 is 5.32 Å². The molecule has 1 N–H and O–H groups in total. The highest BCUT2D eigenvalue weighted by Crippen LogP contribution is 2.23. The molecule has 0 heterocycles. The number of sulfonamides is 1. The van der Waals surface area contributed by atoms with Crippen LogP contribution in [0.4, 0.5) is 10.1 Å². The Morgan fingerprint density at radius 2 is 1.83 bits per heavy atom. The summed E-state index contributed by atoms with van der Waals surface area (Å²) >= 11 is 5.84. The van der Waals surface area contributed by atoms with Crippen molar-refractivity contribution in [1.29, 1.82) is 0 Å². The van der Waals surface area contributed by atoms with Gasteiger partial charge in [-0.2, -0.15) is 0 Å². The number of carbonyl (C=O) groups excluding carboxylic acids is 1. The number of anilines is 1. The van der Waals surface area contributed by atoms with Crippen molar-refractivity contribution in [2.45, 2.75) is 4.90 Å². The number of rotatable bonds is 5. The first-order valence-electron chi connectivity index (χ1n) is 6.65. The molecule has 0 unspecified atom stereocenters. The van der Waals surface area contributed by atoms with Gasteiger partial charge in [0, 0.05) is 12.6 Å². The standard InChI is InChI=1S/C15H14ClFN2O4S/c1-19(23-2)24(21,22)12-6-3-10(4-7-12)15(20)18-14-8-5-11(17)9-13(14)16/h3-9H,1-2H3,(H,18,20). The molecule has 0 aromatic heterocycles. The SMILES string of the molecule is CON(C)S(=O)(=O)c1ccc(C(=O)Nc2ccc(F)cc2Cl)cc1. The Kier molecular flexibility index (Phi) is 5.55. The maximum absolute atomic E-state index is 13.0. The van der Waals surface area contributed by atoms with Crippen molar-refractivity contribution in [2.75, 3.05) is 19.5 Å². The van der Waals surface area contributed by atoms with E-state index in [0.717, 1.165) is 12.1 Å². The predicted octanol–water partition coefficient (Wildman–Crippen LogP) is 2.91. The molecule has 0 aliphatic carbocycles. The molecule has 0 fully saturated rings. The molecule has 0 radical (unpaired) electrons. The maximum atomic E-state index is 13.0. The Morgan fingerprint density at radius 1 is 1.21 bits per heavy atom. The monoisotopic (exact) mass is 372 g/mol. The smallest absolute Gasteiger partial charge is 0.264 e. The minimum atomic E-state index is -3.79. The van der Waals surface area contributed by atoms with Crippen LogP contribution >= 0.6 is 11.6 Å². The van der Waals surface area contributed by atoms with E-state index in [1.54, 1.807) is 0 Å². The fourth-order valence-electron chi connectivity index (χ4n) is 1.81. The summed E-state index contributed by atoms with van der Waals surface area (Å²) in [6, 6.07) is 8.84. The fraction of sp³-hybridized carbons (Fsp3) is 0.133. The van der Waals surface area contributed by atoms with E-state index >= 15 is 0 Å². The minimum Gasteiger partial charge on any atom is -0.321 e. The van der Waals surface area contributed by atoms with Crippen molar-refractivity contribution in [3.8, 4) is 0 Å². The molecule has 6 nitrogen and oxygen atoms in total. The molecule has 2 rings (SSSR count). The van der Waals surface area contributed by atoms with Gasteiger partial charge in [-0.25, -0.2) is 12.8 Å². The number of hydroxylamine groups is 1. The van der Waals surface area contributed by atoms with Crippen LogP contribution in [-0.4, -0.2) is 33.0 Å². The number of carbonyl (C=O) groups is 1. The molecule has 0 atom stereocenters. The number of nitrogens with zero attached hydrogens (tertiary/aromatic N) is 1. The van der Waals surface area contributed by atoms with E-state index in [0.29, 0.717) is 4.47 Å². The summed E-state index contributed by atoms with van der Waals surface area (Å²) in [4.78, 5) is 16.8. The lowest BCUT2D eigenvalue weighted by molar-refractivity contribution is -0.0258. The highest BCUT2D eigenvalue weighted by atomic mass is 35.5. The Balaban J connectivity index is 2.20. The number of hydrogen-bond acceptors (Lipinski definition) is 4. The normalized spacial score (nSPS) is 11.5. The van der Waals surface area contributed by atoms with Gasteiger partial charge in [-0.1, -0.05) is 16.1 Å². The summed E-state index contributed by atoms with van der Waals surface area (Å²) in [6.45, 7) is 0.